The number of nitrogens with one attached hydrogen (secondary N) is 2. The first kappa shape index (κ1) is 24.0. The monoisotopic (exact) mass is 481 g/mol. The van der Waals surface area contributed by atoms with Crippen LogP contribution in [0.15, 0.2) is 84.9 Å². The van der Waals surface area contributed by atoms with Gasteiger partial charge in [-0.2, -0.15) is 5.10 Å². The normalized spacial score (nSPS) is 12.2. The Bertz CT molecular complexity index is 1280. The lowest BCUT2D eigenvalue weighted by molar-refractivity contribution is -0.274. The van der Waals surface area contributed by atoms with Gasteiger partial charge in [-0.15, -0.1) is 13.2 Å². The van der Waals surface area contributed by atoms with Gasteiger partial charge in [0.1, 0.15) is 5.75 Å². The van der Waals surface area contributed by atoms with Gasteiger partial charge in [-0.05, 0) is 30.2 Å². The predicted octanol–water partition coefficient (Wildman–Crippen LogP) is 4.98. The van der Waals surface area contributed by atoms with E-state index in [2.05, 4.69) is 20.3 Å². The summed E-state index contributed by atoms with van der Waals surface area (Å²) >= 11 is 0. The topological polar surface area (TPSA) is 87.2 Å². The van der Waals surface area contributed by atoms with Crippen LogP contribution in [0, 0.1) is 0 Å². The third-order valence-electron chi connectivity index (χ3n) is 5.29. The summed E-state index contributed by atoms with van der Waals surface area (Å²) in [5, 5.41) is 19.4. The first-order valence-corrected chi connectivity index (χ1v) is 10.8. The fraction of sp³-hybridized carbons (Fsp3) is 0.154. The van der Waals surface area contributed by atoms with Gasteiger partial charge in [0.2, 0.25) is 0 Å². The Labute approximate surface area is 199 Å². The number of amides is 1. The van der Waals surface area contributed by atoms with Gasteiger partial charge in [0.05, 0.1) is 35.2 Å². The average Bonchev–Trinajstić information content (AvgIpc) is 3.33. The molecule has 0 aliphatic rings. The minimum Gasteiger partial charge on any atom is -0.405 e. The highest BCUT2D eigenvalue weighted by molar-refractivity contribution is 6.02. The molecule has 0 fully saturated rings. The summed E-state index contributed by atoms with van der Waals surface area (Å²) in [4.78, 5) is 13.2. The van der Waals surface area contributed by atoms with Crippen LogP contribution in [0.1, 0.15) is 15.9 Å². The highest BCUT2D eigenvalue weighted by Crippen LogP contribution is 2.37. The molecule has 4 aromatic rings. The fourth-order valence-electron chi connectivity index (χ4n) is 3.74. The first-order chi connectivity index (χ1) is 16.8. The van der Waals surface area contributed by atoms with Crippen molar-refractivity contribution in [3.8, 4) is 28.3 Å². The van der Waals surface area contributed by atoms with E-state index >= 15 is 0 Å². The van der Waals surface area contributed by atoms with Crippen LogP contribution in [0.25, 0.3) is 22.5 Å². The molecule has 0 spiro atoms. The molecule has 0 aliphatic carbocycles. The summed E-state index contributed by atoms with van der Waals surface area (Å²) in [6.45, 7) is -0.350. The lowest BCUT2D eigenvalue weighted by atomic mass is 10.0. The molecule has 9 heteroatoms. The Hall–Kier alpha value is -4.11. The molecule has 1 atom stereocenters. The summed E-state index contributed by atoms with van der Waals surface area (Å²) in [6.07, 6.45) is -4.62. The maximum Gasteiger partial charge on any atom is 0.573 e. The van der Waals surface area contributed by atoms with Crippen LogP contribution in [0.2, 0.25) is 0 Å². The van der Waals surface area contributed by atoms with Crippen molar-refractivity contribution in [2.24, 2.45) is 0 Å². The van der Waals surface area contributed by atoms with E-state index in [1.54, 1.807) is 18.2 Å². The van der Waals surface area contributed by atoms with Crippen LogP contribution in [-0.4, -0.2) is 40.2 Å². The molecule has 1 amide bonds. The minimum absolute atomic E-state index is 0.0541. The number of rotatable bonds is 8. The fourth-order valence-corrected chi connectivity index (χ4v) is 3.74. The van der Waals surface area contributed by atoms with Crippen molar-refractivity contribution < 1.29 is 27.8 Å². The third kappa shape index (κ3) is 6.07. The molecular weight excluding hydrogens is 459 g/mol. The van der Waals surface area contributed by atoms with E-state index in [4.69, 9.17) is 0 Å². The van der Waals surface area contributed by atoms with Crippen LogP contribution >= 0.6 is 0 Å². The molecule has 0 bridgehead atoms. The lowest BCUT2D eigenvalue weighted by Gasteiger charge is -2.19. The molecule has 35 heavy (non-hydrogen) atoms. The third-order valence-corrected chi connectivity index (χ3v) is 5.29. The van der Waals surface area contributed by atoms with Gasteiger partial charge in [0, 0.05) is 5.56 Å². The zero-order valence-electron chi connectivity index (χ0n) is 18.4. The van der Waals surface area contributed by atoms with Crippen molar-refractivity contribution >= 4 is 5.91 Å². The number of carbonyl (C=O) groups is 1. The van der Waals surface area contributed by atoms with Gasteiger partial charge in [0.15, 0.2) is 0 Å². The molecule has 3 aromatic carbocycles. The summed E-state index contributed by atoms with van der Waals surface area (Å²) in [6, 6.07) is 23.0. The van der Waals surface area contributed by atoms with Crippen LogP contribution in [0.5, 0.6) is 5.75 Å². The Kier molecular flexibility index (Phi) is 7.17. The molecule has 0 radical (unpaired) electrons. The minimum atomic E-state index is -4.97. The van der Waals surface area contributed by atoms with Crippen molar-refractivity contribution in [2.45, 2.75) is 18.8 Å². The summed E-state index contributed by atoms with van der Waals surface area (Å²) < 4.78 is 43.7. The molecule has 0 saturated heterocycles. The smallest absolute Gasteiger partial charge is 0.405 e. The summed E-state index contributed by atoms with van der Waals surface area (Å²) in [5.41, 5.74) is 2.17. The molecule has 0 unspecified atom stereocenters. The molecule has 0 aliphatic heterocycles. The highest BCUT2D eigenvalue weighted by Gasteiger charge is 2.34. The first-order valence-electron chi connectivity index (χ1n) is 10.8. The van der Waals surface area contributed by atoms with Gasteiger partial charge in [-0.3, -0.25) is 9.89 Å². The molecule has 180 valence electrons. The standard InChI is InChI=1S/C26H22F3N3O3/c27-26(28,29)35-23-13-7-12-20(25(34)30-19(16-33)14-17-8-3-1-4-9-17)24(23)22-15-21(31-32-22)18-10-5-2-6-11-18/h1-13,15,19,33H,14,16H2,(H,30,34)(H,31,32)/t19-/m1/s1. The van der Waals surface area contributed by atoms with E-state index in [1.165, 1.54) is 12.1 Å². The summed E-state index contributed by atoms with van der Waals surface area (Å²) in [7, 11) is 0. The zero-order chi connectivity index (χ0) is 24.8. The quantitative estimate of drug-likeness (QED) is 0.332. The van der Waals surface area contributed by atoms with E-state index < -0.39 is 24.1 Å². The van der Waals surface area contributed by atoms with E-state index in [1.807, 2.05) is 48.5 Å². The van der Waals surface area contributed by atoms with Gasteiger partial charge in [-0.25, -0.2) is 0 Å². The second kappa shape index (κ2) is 10.4. The SMILES string of the molecule is O=C(N[C@@H](CO)Cc1ccccc1)c1cccc(OC(F)(F)F)c1-c1cc(-c2ccccc2)n[nH]1. The highest BCUT2D eigenvalue weighted by atomic mass is 19.4. The van der Waals surface area contributed by atoms with Gasteiger partial charge in [0.25, 0.3) is 5.91 Å². The number of benzene rings is 3. The number of hydrogen-bond donors (Lipinski definition) is 3. The second-order valence-corrected chi connectivity index (χ2v) is 7.80. The van der Waals surface area contributed by atoms with Crippen molar-refractivity contribution in [3.05, 3.63) is 96.1 Å². The van der Waals surface area contributed by atoms with Crippen molar-refractivity contribution in [1.82, 2.24) is 15.5 Å². The Morgan fingerprint density at radius 2 is 1.69 bits per heavy atom. The second-order valence-electron chi connectivity index (χ2n) is 7.80. The number of H-pyrrole nitrogens is 1. The number of ether oxygens (including phenoxy) is 1. The van der Waals surface area contributed by atoms with Gasteiger partial charge in [-0.1, -0.05) is 66.7 Å². The zero-order valence-corrected chi connectivity index (χ0v) is 18.4. The van der Waals surface area contributed by atoms with Crippen LogP contribution in [0.4, 0.5) is 13.2 Å². The number of nitrogens with zero attached hydrogens (tertiary/aromatic N) is 1. The Morgan fingerprint density at radius 3 is 2.34 bits per heavy atom. The van der Waals surface area contributed by atoms with Crippen LogP contribution < -0.4 is 10.1 Å². The predicted molar refractivity (Wildman–Crippen MR) is 125 cm³/mol. The number of alkyl halides is 3. The number of aliphatic hydroxyl groups excluding tert-OH is 1. The Balaban J connectivity index is 1.70. The molecule has 3 N–H and O–H groups in total. The van der Waals surface area contributed by atoms with E-state index in [9.17, 15) is 23.1 Å². The number of hydrogen-bond acceptors (Lipinski definition) is 4. The maximum absolute atomic E-state index is 13.2. The molecule has 1 aromatic heterocycles. The molecule has 4 rings (SSSR count). The average molecular weight is 481 g/mol. The summed E-state index contributed by atoms with van der Waals surface area (Å²) in [5.74, 6) is -1.20. The van der Waals surface area contributed by atoms with Crippen molar-refractivity contribution in [2.75, 3.05) is 6.61 Å². The van der Waals surface area contributed by atoms with E-state index in [-0.39, 0.29) is 23.4 Å². The van der Waals surface area contributed by atoms with Crippen molar-refractivity contribution in [3.63, 3.8) is 0 Å². The van der Waals surface area contributed by atoms with Crippen molar-refractivity contribution in [1.29, 1.82) is 0 Å². The molecule has 6 nitrogen and oxygen atoms in total. The van der Waals surface area contributed by atoms with Crippen LogP contribution in [-0.2, 0) is 6.42 Å². The number of aromatic amines is 1. The number of halogens is 3. The lowest BCUT2D eigenvalue weighted by Crippen LogP contribution is -2.39. The maximum atomic E-state index is 13.2. The molecular formula is C26H22F3N3O3. The number of aromatic nitrogens is 2. The molecule has 0 saturated carbocycles. The van der Waals surface area contributed by atoms with Gasteiger partial charge < -0.3 is 15.2 Å². The number of aliphatic hydroxyl groups is 1. The van der Waals surface area contributed by atoms with E-state index in [0.29, 0.717) is 12.1 Å². The Morgan fingerprint density at radius 1 is 1.00 bits per heavy atom. The van der Waals surface area contributed by atoms with Crippen LogP contribution in [0.3, 0.4) is 0 Å². The number of carbonyl (C=O) groups excluding carboxylic acids is 1. The molecule has 1 heterocycles. The van der Waals surface area contributed by atoms with E-state index in [0.717, 1.165) is 17.2 Å². The van der Waals surface area contributed by atoms with Gasteiger partial charge >= 0.3 is 6.36 Å². The largest absolute Gasteiger partial charge is 0.573 e.